The van der Waals surface area contributed by atoms with Gasteiger partial charge in [0.25, 0.3) is 11.8 Å². The normalized spacial score (nSPS) is 15.5. The van der Waals surface area contributed by atoms with E-state index in [1.165, 1.54) is 21.1 Å². The predicted octanol–water partition coefficient (Wildman–Crippen LogP) is 1.65. The fraction of sp³-hybridized carbons (Fsp3) is 0.429. The van der Waals surface area contributed by atoms with E-state index in [9.17, 15) is 18.0 Å². The number of rotatable bonds is 6. The number of nitrogens with zero attached hydrogens (tertiary/aromatic N) is 2. The molecule has 168 valence electrons. The Labute approximate surface area is 182 Å². The Morgan fingerprint density at radius 2 is 1.81 bits per heavy atom. The minimum atomic E-state index is -3.64. The third-order valence-electron chi connectivity index (χ3n) is 5.44. The Hall–Kier alpha value is -2.85. The second-order valence-electron chi connectivity index (χ2n) is 7.68. The summed E-state index contributed by atoms with van der Waals surface area (Å²) in [5.41, 5.74) is 6.74. The molecule has 1 aromatic heterocycles. The number of hydrogen-bond donors (Lipinski definition) is 2. The molecule has 1 unspecified atom stereocenters. The largest absolute Gasteiger partial charge is 0.481 e. The van der Waals surface area contributed by atoms with Gasteiger partial charge >= 0.3 is 0 Å². The van der Waals surface area contributed by atoms with Gasteiger partial charge in [0, 0.05) is 26.3 Å². The number of benzene rings is 1. The van der Waals surface area contributed by atoms with Gasteiger partial charge < -0.3 is 9.30 Å². The predicted molar refractivity (Wildman–Crippen MR) is 115 cm³/mol. The molecule has 1 atom stereocenters. The van der Waals surface area contributed by atoms with Crippen molar-refractivity contribution in [2.75, 3.05) is 13.1 Å². The van der Waals surface area contributed by atoms with E-state index >= 15 is 0 Å². The number of amides is 2. The fourth-order valence-electron chi connectivity index (χ4n) is 3.36. The van der Waals surface area contributed by atoms with Gasteiger partial charge in [-0.3, -0.25) is 20.4 Å². The van der Waals surface area contributed by atoms with Crippen LogP contribution in [0.15, 0.2) is 35.4 Å². The minimum absolute atomic E-state index is 0.0556. The lowest BCUT2D eigenvalue weighted by Crippen LogP contribution is -2.47. The van der Waals surface area contributed by atoms with Gasteiger partial charge in [-0.05, 0) is 56.9 Å². The second-order valence-corrected chi connectivity index (χ2v) is 9.62. The van der Waals surface area contributed by atoms with Crippen LogP contribution >= 0.6 is 0 Å². The molecule has 2 amide bonds. The van der Waals surface area contributed by atoms with Crippen LogP contribution in [0.3, 0.4) is 0 Å². The van der Waals surface area contributed by atoms with Gasteiger partial charge in [0.05, 0.1) is 0 Å². The molecule has 0 radical (unpaired) electrons. The number of nitrogens with one attached hydrogen (secondary N) is 2. The molecule has 9 nitrogen and oxygen atoms in total. The summed E-state index contributed by atoms with van der Waals surface area (Å²) < 4.78 is 33.9. The number of hydrogen-bond acceptors (Lipinski definition) is 5. The average Bonchev–Trinajstić information content (AvgIpc) is 3.40. The van der Waals surface area contributed by atoms with Crippen LogP contribution in [0.2, 0.25) is 0 Å². The van der Waals surface area contributed by atoms with E-state index in [2.05, 4.69) is 10.9 Å². The molecule has 1 aliphatic heterocycles. The Morgan fingerprint density at radius 3 is 2.48 bits per heavy atom. The van der Waals surface area contributed by atoms with Gasteiger partial charge in [-0.1, -0.05) is 12.1 Å². The number of sulfonamides is 1. The van der Waals surface area contributed by atoms with Crippen molar-refractivity contribution in [2.24, 2.45) is 7.05 Å². The summed E-state index contributed by atoms with van der Waals surface area (Å²) in [4.78, 5) is 24.9. The average molecular weight is 449 g/mol. The first-order valence-electron chi connectivity index (χ1n) is 10.1. The monoisotopic (exact) mass is 448 g/mol. The van der Waals surface area contributed by atoms with Crippen molar-refractivity contribution in [3.05, 3.63) is 47.3 Å². The molecule has 2 aromatic rings. The molecule has 2 N–H and O–H groups in total. The van der Waals surface area contributed by atoms with Crippen molar-refractivity contribution in [3.8, 4) is 5.75 Å². The van der Waals surface area contributed by atoms with Crippen LogP contribution in [0.25, 0.3) is 0 Å². The smallest absolute Gasteiger partial charge is 0.286 e. The molecule has 31 heavy (non-hydrogen) atoms. The van der Waals surface area contributed by atoms with Crippen LogP contribution in [0.1, 0.15) is 41.4 Å². The third kappa shape index (κ3) is 4.91. The quantitative estimate of drug-likeness (QED) is 0.653. The molecular formula is C21H28N4O5S. The first-order chi connectivity index (χ1) is 14.6. The van der Waals surface area contributed by atoms with Crippen molar-refractivity contribution in [1.82, 2.24) is 19.7 Å². The summed E-state index contributed by atoms with van der Waals surface area (Å²) in [5, 5.41) is 0. The van der Waals surface area contributed by atoms with E-state index in [4.69, 9.17) is 4.74 Å². The Morgan fingerprint density at radius 1 is 1.13 bits per heavy atom. The van der Waals surface area contributed by atoms with Crippen LogP contribution in [0.4, 0.5) is 0 Å². The molecular weight excluding hydrogens is 420 g/mol. The van der Waals surface area contributed by atoms with E-state index in [0.29, 0.717) is 18.8 Å². The van der Waals surface area contributed by atoms with E-state index in [-0.39, 0.29) is 10.6 Å². The number of carbonyl (C=O) groups excluding carboxylic acids is 2. The molecule has 1 aliphatic rings. The number of aromatic nitrogens is 1. The zero-order valence-electron chi connectivity index (χ0n) is 18.1. The van der Waals surface area contributed by atoms with Gasteiger partial charge in [0.2, 0.25) is 10.0 Å². The van der Waals surface area contributed by atoms with Crippen molar-refractivity contribution >= 4 is 21.8 Å². The Bertz CT molecular complexity index is 1090. The minimum Gasteiger partial charge on any atom is -0.481 e. The highest BCUT2D eigenvalue weighted by Gasteiger charge is 2.29. The molecule has 0 bridgehead atoms. The highest BCUT2D eigenvalue weighted by molar-refractivity contribution is 7.89. The van der Waals surface area contributed by atoms with Crippen molar-refractivity contribution in [1.29, 1.82) is 0 Å². The third-order valence-corrected chi connectivity index (χ3v) is 7.31. The molecule has 0 spiro atoms. The van der Waals surface area contributed by atoms with Gasteiger partial charge in [0.15, 0.2) is 6.10 Å². The summed E-state index contributed by atoms with van der Waals surface area (Å²) in [5.74, 6) is -0.570. The molecule has 2 heterocycles. The van der Waals surface area contributed by atoms with Crippen molar-refractivity contribution < 1.29 is 22.7 Å². The lowest BCUT2D eigenvalue weighted by molar-refractivity contribution is -0.128. The lowest BCUT2D eigenvalue weighted by Gasteiger charge is -2.17. The topological polar surface area (TPSA) is 110 Å². The molecule has 1 saturated heterocycles. The molecule has 10 heteroatoms. The zero-order chi connectivity index (χ0) is 22.8. The zero-order valence-corrected chi connectivity index (χ0v) is 19.0. The molecule has 0 aliphatic carbocycles. The van der Waals surface area contributed by atoms with Crippen LogP contribution in [-0.4, -0.2) is 48.3 Å². The summed E-state index contributed by atoms with van der Waals surface area (Å²) >= 11 is 0. The van der Waals surface area contributed by atoms with Crippen LogP contribution in [0.5, 0.6) is 5.75 Å². The van der Waals surface area contributed by atoms with Crippen molar-refractivity contribution in [3.63, 3.8) is 0 Å². The van der Waals surface area contributed by atoms with E-state index < -0.39 is 27.9 Å². The number of hydrazine groups is 1. The maximum absolute atomic E-state index is 12.7. The summed E-state index contributed by atoms with van der Waals surface area (Å²) in [6, 6.07) is 6.88. The lowest BCUT2D eigenvalue weighted by atomic mass is 10.1. The number of carbonyl (C=O) groups is 2. The molecule has 3 rings (SSSR count). The molecule has 1 aromatic carbocycles. The van der Waals surface area contributed by atoms with Gasteiger partial charge in [-0.15, -0.1) is 0 Å². The van der Waals surface area contributed by atoms with E-state index in [1.807, 2.05) is 26.0 Å². The summed E-state index contributed by atoms with van der Waals surface area (Å²) in [6.45, 7) is 6.39. The van der Waals surface area contributed by atoms with Gasteiger partial charge in [0.1, 0.15) is 16.3 Å². The summed E-state index contributed by atoms with van der Waals surface area (Å²) in [6.07, 6.45) is 2.21. The van der Waals surface area contributed by atoms with Crippen LogP contribution < -0.4 is 15.6 Å². The first-order valence-corrected chi connectivity index (χ1v) is 11.5. The Balaban J connectivity index is 1.62. The van der Waals surface area contributed by atoms with E-state index in [0.717, 1.165) is 24.0 Å². The Kier molecular flexibility index (Phi) is 6.71. The van der Waals surface area contributed by atoms with E-state index in [1.54, 1.807) is 20.0 Å². The maximum atomic E-state index is 12.7. The standard InChI is InChI=1S/C21H28N4O5S/c1-14-8-7-9-19(15(14)2)30-16(3)20(26)22-23-21(27)18-12-17(13-24(18)4)31(28,29)25-10-5-6-11-25/h7-9,12-13,16H,5-6,10-11H2,1-4H3,(H,22,26)(H,23,27). The van der Waals surface area contributed by atoms with Crippen LogP contribution in [0, 0.1) is 13.8 Å². The summed E-state index contributed by atoms with van der Waals surface area (Å²) in [7, 11) is -2.06. The molecule has 1 fully saturated rings. The van der Waals surface area contributed by atoms with Crippen molar-refractivity contribution in [2.45, 2.75) is 44.6 Å². The second kappa shape index (κ2) is 9.11. The van der Waals surface area contributed by atoms with Crippen LogP contribution in [-0.2, 0) is 21.9 Å². The molecule has 0 saturated carbocycles. The SMILES string of the molecule is Cc1cccc(OC(C)C(=O)NNC(=O)c2cc(S(=O)(=O)N3CCCC3)cn2C)c1C. The van der Waals surface area contributed by atoms with Gasteiger partial charge in [-0.25, -0.2) is 8.42 Å². The fourth-order valence-corrected chi connectivity index (χ4v) is 4.95. The van der Waals surface area contributed by atoms with Gasteiger partial charge in [-0.2, -0.15) is 4.31 Å². The number of ether oxygens (including phenoxy) is 1. The highest BCUT2D eigenvalue weighted by Crippen LogP contribution is 2.23. The number of aryl methyl sites for hydroxylation is 2. The highest BCUT2D eigenvalue weighted by atomic mass is 32.2. The first kappa shape index (κ1) is 22.8. The maximum Gasteiger partial charge on any atom is 0.286 e.